The molecule has 0 radical (unpaired) electrons. The second-order valence-electron chi connectivity index (χ2n) is 2.90. The lowest BCUT2D eigenvalue weighted by Gasteiger charge is -2.09. The maximum atomic E-state index is 11.4. The van der Waals surface area contributed by atoms with Gasteiger partial charge in [0.1, 0.15) is 0 Å². The van der Waals surface area contributed by atoms with E-state index in [2.05, 4.69) is 15.9 Å². The first-order valence-corrected chi connectivity index (χ1v) is 4.89. The summed E-state index contributed by atoms with van der Waals surface area (Å²) >= 11 is 3.28. The quantitative estimate of drug-likeness (QED) is 0.893. The summed E-state index contributed by atoms with van der Waals surface area (Å²) in [5.74, 6) is -0.906. The minimum Gasteiger partial charge on any atom is -0.481 e. The largest absolute Gasteiger partial charge is 0.481 e. The molecular formula is C9H10BrNO3. The maximum Gasteiger partial charge on any atom is 0.305 e. The third-order valence-corrected chi connectivity index (χ3v) is 2.78. The van der Waals surface area contributed by atoms with Crippen molar-refractivity contribution >= 4 is 21.9 Å². The number of pyridine rings is 1. The number of carbonyl (C=O) groups is 1. The van der Waals surface area contributed by atoms with Crippen LogP contribution in [-0.2, 0) is 11.3 Å². The molecule has 0 saturated heterocycles. The molecule has 1 heterocycles. The molecule has 0 bridgehead atoms. The van der Waals surface area contributed by atoms with Crippen LogP contribution in [0.25, 0.3) is 0 Å². The molecule has 0 unspecified atom stereocenters. The van der Waals surface area contributed by atoms with Gasteiger partial charge in [-0.3, -0.25) is 9.59 Å². The molecule has 1 aromatic heterocycles. The van der Waals surface area contributed by atoms with Gasteiger partial charge in [0.15, 0.2) is 0 Å². The van der Waals surface area contributed by atoms with Crippen molar-refractivity contribution in [2.45, 2.75) is 19.9 Å². The fourth-order valence-electron chi connectivity index (χ4n) is 1.13. The minimum absolute atomic E-state index is 0.0444. The molecule has 76 valence electrons. The zero-order valence-corrected chi connectivity index (χ0v) is 9.24. The molecule has 0 aromatic carbocycles. The molecule has 0 aliphatic carbocycles. The topological polar surface area (TPSA) is 59.3 Å². The molecule has 0 aliphatic heterocycles. The van der Waals surface area contributed by atoms with Crippen LogP contribution in [-0.4, -0.2) is 15.6 Å². The molecule has 0 atom stereocenters. The smallest absolute Gasteiger partial charge is 0.305 e. The number of rotatable bonds is 3. The van der Waals surface area contributed by atoms with Crippen molar-refractivity contribution in [1.29, 1.82) is 0 Å². The van der Waals surface area contributed by atoms with Crippen molar-refractivity contribution in [1.82, 2.24) is 4.57 Å². The summed E-state index contributed by atoms with van der Waals surface area (Å²) in [6.07, 6.45) is -0.0444. The summed E-state index contributed by atoms with van der Waals surface area (Å²) in [6, 6.07) is 3.08. The van der Waals surface area contributed by atoms with Gasteiger partial charge in [-0.1, -0.05) is 0 Å². The summed E-state index contributed by atoms with van der Waals surface area (Å²) in [6.45, 7) is 1.98. The summed E-state index contributed by atoms with van der Waals surface area (Å²) < 4.78 is 2.25. The van der Waals surface area contributed by atoms with Crippen LogP contribution in [0.5, 0.6) is 0 Å². The molecule has 0 amide bonds. The molecule has 0 saturated carbocycles. The van der Waals surface area contributed by atoms with Gasteiger partial charge in [0.05, 0.1) is 6.42 Å². The number of nitrogens with zero attached hydrogens (tertiary/aromatic N) is 1. The van der Waals surface area contributed by atoms with Gasteiger partial charge >= 0.3 is 5.97 Å². The molecule has 1 rings (SSSR count). The molecule has 0 fully saturated rings. The lowest BCUT2D eigenvalue weighted by atomic mass is 10.3. The fraction of sp³-hybridized carbons (Fsp3) is 0.333. The Morgan fingerprint density at radius 1 is 1.57 bits per heavy atom. The lowest BCUT2D eigenvalue weighted by Crippen LogP contribution is -2.22. The highest BCUT2D eigenvalue weighted by atomic mass is 79.9. The number of hydrogen-bond acceptors (Lipinski definition) is 2. The molecule has 0 spiro atoms. The van der Waals surface area contributed by atoms with Crippen LogP contribution in [0.4, 0.5) is 0 Å². The van der Waals surface area contributed by atoms with E-state index in [4.69, 9.17) is 5.11 Å². The normalized spacial score (nSPS) is 10.1. The van der Waals surface area contributed by atoms with Gasteiger partial charge < -0.3 is 9.67 Å². The van der Waals surface area contributed by atoms with E-state index in [1.165, 1.54) is 10.6 Å². The Bertz CT molecular complexity index is 411. The predicted octanol–water partition coefficient (Wildman–Crippen LogP) is 1.39. The average Bonchev–Trinajstić information content (AvgIpc) is 2.11. The Kier molecular flexibility index (Phi) is 3.46. The first kappa shape index (κ1) is 11.0. The van der Waals surface area contributed by atoms with Gasteiger partial charge in [-0.2, -0.15) is 0 Å². The van der Waals surface area contributed by atoms with Crippen LogP contribution >= 0.6 is 15.9 Å². The van der Waals surface area contributed by atoms with Crippen LogP contribution in [0, 0.1) is 6.92 Å². The molecule has 5 heteroatoms. The number of aliphatic carboxylic acids is 1. The average molecular weight is 260 g/mol. The van der Waals surface area contributed by atoms with E-state index in [1.54, 1.807) is 13.0 Å². The summed E-state index contributed by atoms with van der Waals surface area (Å²) in [5, 5.41) is 8.50. The van der Waals surface area contributed by atoms with E-state index in [9.17, 15) is 9.59 Å². The molecule has 4 nitrogen and oxygen atoms in total. The highest BCUT2D eigenvalue weighted by Crippen LogP contribution is 2.12. The first-order valence-electron chi connectivity index (χ1n) is 4.10. The van der Waals surface area contributed by atoms with Crippen molar-refractivity contribution < 1.29 is 9.90 Å². The van der Waals surface area contributed by atoms with E-state index in [-0.39, 0.29) is 18.5 Å². The van der Waals surface area contributed by atoms with Crippen LogP contribution in [0.1, 0.15) is 12.1 Å². The highest BCUT2D eigenvalue weighted by Gasteiger charge is 2.05. The van der Waals surface area contributed by atoms with Gasteiger partial charge in [0.25, 0.3) is 5.56 Å². The number of carboxylic acid groups (broad SMARTS) is 1. The number of halogens is 1. The number of carboxylic acids is 1. The van der Waals surface area contributed by atoms with Gasteiger partial charge in [-0.15, -0.1) is 0 Å². The van der Waals surface area contributed by atoms with E-state index < -0.39 is 5.97 Å². The highest BCUT2D eigenvalue weighted by molar-refractivity contribution is 9.10. The van der Waals surface area contributed by atoms with Crippen LogP contribution in [0.3, 0.4) is 0 Å². The molecular weight excluding hydrogens is 250 g/mol. The Morgan fingerprint density at radius 3 is 2.79 bits per heavy atom. The SMILES string of the molecule is Cc1c(Br)ccc(=O)n1CCC(=O)O. The van der Waals surface area contributed by atoms with Crippen LogP contribution in [0.15, 0.2) is 21.4 Å². The van der Waals surface area contributed by atoms with E-state index in [0.717, 1.165) is 10.2 Å². The molecule has 1 N–H and O–H groups in total. The molecule has 0 aliphatic rings. The fourth-order valence-corrected chi connectivity index (χ4v) is 1.48. The van der Waals surface area contributed by atoms with Gasteiger partial charge in [-0.25, -0.2) is 0 Å². The Labute approximate surface area is 89.3 Å². The Morgan fingerprint density at radius 2 is 2.21 bits per heavy atom. The standard InChI is InChI=1S/C9H10BrNO3/c1-6-7(10)2-3-8(12)11(6)5-4-9(13)14/h2-3H,4-5H2,1H3,(H,13,14). The van der Waals surface area contributed by atoms with E-state index in [1.807, 2.05) is 0 Å². The summed E-state index contributed by atoms with van der Waals surface area (Å²) in [5.41, 5.74) is 0.575. The lowest BCUT2D eigenvalue weighted by molar-refractivity contribution is -0.137. The van der Waals surface area contributed by atoms with E-state index in [0.29, 0.717) is 0 Å². The molecule has 14 heavy (non-hydrogen) atoms. The zero-order valence-electron chi connectivity index (χ0n) is 7.66. The van der Waals surface area contributed by atoms with Gasteiger partial charge in [0, 0.05) is 22.8 Å². The second kappa shape index (κ2) is 4.41. The van der Waals surface area contributed by atoms with Crippen molar-refractivity contribution in [2.75, 3.05) is 0 Å². The second-order valence-corrected chi connectivity index (χ2v) is 3.75. The monoisotopic (exact) mass is 259 g/mol. The zero-order chi connectivity index (χ0) is 10.7. The van der Waals surface area contributed by atoms with E-state index >= 15 is 0 Å². The Balaban J connectivity index is 3.01. The Hall–Kier alpha value is -1.10. The third-order valence-electron chi connectivity index (χ3n) is 1.94. The number of aromatic nitrogens is 1. The van der Waals surface area contributed by atoms with Crippen LogP contribution < -0.4 is 5.56 Å². The molecule has 1 aromatic rings. The van der Waals surface area contributed by atoms with Crippen molar-refractivity contribution in [3.63, 3.8) is 0 Å². The minimum atomic E-state index is -0.906. The van der Waals surface area contributed by atoms with Crippen molar-refractivity contribution in [3.8, 4) is 0 Å². The van der Waals surface area contributed by atoms with Gasteiger partial charge in [0.2, 0.25) is 0 Å². The van der Waals surface area contributed by atoms with Crippen LogP contribution in [0.2, 0.25) is 0 Å². The first-order chi connectivity index (χ1) is 6.52. The third kappa shape index (κ3) is 2.45. The van der Waals surface area contributed by atoms with Gasteiger partial charge in [-0.05, 0) is 28.9 Å². The summed E-state index contributed by atoms with van der Waals surface area (Å²) in [4.78, 5) is 21.7. The van der Waals surface area contributed by atoms with Crippen molar-refractivity contribution in [3.05, 3.63) is 32.7 Å². The predicted molar refractivity (Wildman–Crippen MR) is 55.4 cm³/mol. The number of hydrogen-bond donors (Lipinski definition) is 1. The maximum absolute atomic E-state index is 11.4. The summed E-state index contributed by atoms with van der Waals surface area (Å²) in [7, 11) is 0. The van der Waals surface area contributed by atoms with Crippen molar-refractivity contribution in [2.24, 2.45) is 0 Å².